The summed E-state index contributed by atoms with van der Waals surface area (Å²) in [4.78, 5) is 16.5. The van der Waals surface area contributed by atoms with Crippen molar-refractivity contribution in [3.05, 3.63) is 71.8 Å². The third kappa shape index (κ3) is 3.84. The summed E-state index contributed by atoms with van der Waals surface area (Å²) in [6.07, 6.45) is 3.63. The number of benzene rings is 3. The van der Waals surface area contributed by atoms with E-state index in [1.807, 2.05) is 54.6 Å². The number of nitrogens with zero attached hydrogens (tertiary/aromatic N) is 1. The molecule has 1 amide bonds. The highest BCUT2D eigenvalue weighted by atomic mass is 32.2. The second-order valence-corrected chi connectivity index (χ2v) is 9.62. The summed E-state index contributed by atoms with van der Waals surface area (Å²) in [5.74, 6) is 1.75. The fourth-order valence-electron chi connectivity index (χ4n) is 5.14. The van der Waals surface area contributed by atoms with Crippen molar-refractivity contribution in [2.45, 2.75) is 42.5 Å². The van der Waals surface area contributed by atoms with Gasteiger partial charge in [0.2, 0.25) is 5.91 Å². The molecule has 7 heteroatoms. The Hall–Kier alpha value is -3.32. The average Bonchev–Trinajstić information content (AvgIpc) is 3.44. The fraction of sp³-hybridized carbons (Fsp3) is 0.296. The van der Waals surface area contributed by atoms with Crippen molar-refractivity contribution in [1.82, 2.24) is 0 Å². The smallest absolute Gasteiger partial charge is 0.238 e. The van der Waals surface area contributed by atoms with Gasteiger partial charge in [0.1, 0.15) is 17.2 Å². The Balaban J connectivity index is 1.48. The number of amides is 1. The van der Waals surface area contributed by atoms with E-state index in [-0.39, 0.29) is 11.7 Å². The molecule has 1 aliphatic heterocycles. The van der Waals surface area contributed by atoms with Crippen molar-refractivity contribution in [3.63, 3.8) is 0 Å². The highest BCUT2D eigenvalue weighted by Gasteiger charge is 2.53. The molecule has 3 aromatic rings. The van der Waals surface area contributed by atoms with Gasteiger partial charge in [-0.25, -0.2) is 0 Å². The van der Waals surface area contributed by atoms with E-state index in [2.05, 4.69) is 4.72 Å². The van der Waals surface area contributed by atoms with Gasteiger partial charge >= 0.3 is 0 Å². The molecule has 0 radical (unpaired) electrons. The Morgan fingerprint density at radius 3 is 2.47 bits per heavy atom. The topological polar surface area (TPSA) is 71.0 Å². The fourth-order valence-corrected chi connectivity index (χ4v) is 5.89. The SMILES string of the molecule is COc1ccc(CN2C(=O)C3(CCCC3)c3cc(NSc4ccccc4OC)cc(O)c32)cc1. The molecule has 6 nitrogen and oxygen atoms in total. The molecule has 1 fully saturated rings. The summed E-state index contributed by atoms with van der Waals surface area (Å²) in [6, 6.07) is 19.2. The molecule has 2 aliphatic rings. The lowest BCUT2D eigenvalue weighted by Gasteiger charge is -2.23. The molecule has 0 saturated heterocycles. The number of carbonyl (C=O) groups excluding carboxylic acids is 1. The Bertz CT molecular complexity index is 1210. The molecule has 1 spiro atoms. The molecule has 0 bridgehead atoms. The van der Waals surface area contributed by atoms with Crippen LogP contribution in [0.3, 0.4) is 0 Å². The number of fused-ring (bicyclic) bond motifs is 2. The van der Waals surface area contributed by atoms with Gasteiger partial charge in [0, 0.05) is 11.8 Å². The first-order valence-electron chi connectivity index (χ1n) is 11.4. The summed E-state index contributed by atoms with van der Waals surface area (Å²) in [6.45, 7) is 0.411. The maximum Gasteiger partial charge on any atom is 0.238 e. The predicted octanol–water partition coefficient (Wildman–Crippen LogP) is 5.89. The van der Waals surface area contributed by atoms with Crippen LogP contribution in [0.25, 0.3) is 0 Å². The van der Waals surface area contributed by atoms with Crippen LogP contribution in [-0.4, -0.2) is 25.2 Å². The van der Waals surface area contributed by atoms with E-state index < -0.39 is 5.41 Å². The number of carbonyl (C=O) groups is 1. The lowest BCUT2D eigenvalue weighted by Crippen LogP contribution is -2.38. The molecular formula is C27H28N2O4S. The summed E-state index contributed by atoms with van der Waals surface area (Å²) >= 11 is 1.42. The number of anilines is 2. The molecule has 3 aromatic carbocycles. The molecule has 1 aliphatic carbocycles. The largest absolute Gasteiger partial charge is 0.506 e. The number of rotatable bonds is 7. The Kier molecular flexibility index (Phi) is 6.04. The van der Waals surface area contributed by atoms with Crippen molar-refractivity contribution < 1.29 is 19.4 Å². The van der Waals surface area contributed by atoms with Crippen molar-refractivity contribution in [1.29, 1.82) is 0 Å². The molecule has 34 heavy (non-hydrogen) atoms. The zero-order chi connectivity index (χ0) is 23.7. The second kappa shape index (κ2) is 9.14. The van der Waals surface area contributed by atoms with Crippen LogP contribution in [0.5, 0.6) is 17.2 Å². The highest BCUT2D eigenvalue weighted by molar-refractivity contribution is 8.00. The first-order chi connectivity index (χ1) is 16.6. The predicted molar refractivity (Wildman–Crippen MR) is 135 cm³/mol. The molecule has 0 aromatic heterocycles. The molecule has 2 N–H and O–H groups in total. The van der Waals surface area contributed by atoms with Crippen molar-refractivity contribution >= 4 is 29.2 Å². The second-order valence-electron chi connectivity index (χ2n) is 8.78. The highest BCUT2D eigenvalue weighted by Crippen LogP contribution is 2.55. The minimum Gasteiger partial charge on any atom is -0.506 e. The number of phenolic OH excluding ortho intramolecular Hbond substituents is 1. The lowest BCUT2D eigenvalue weighted by molar-refractivity contribution is -0.123. The number of methoxy groups -OCH3 is 2. The summed E-state index contributed by atoms with van der Waals surface area (Å²) in [7, 11) is 3.28. The van der Waals surface area contributed by atoms with E-state index in [0.29, 0.717) is 12.2 Å². The van der Waals surface area contributed by atoms with E-state index in [1.54, 1.807) is 25.2 Å². The van der Waals surface area contributed by atoms with Gasteiger partial charge in [-0.3, -0.25) is 4.79 Å². The maximum absolute atomic E-state index is 13.8. The minimum atomic E-state index is -0.563. The minimum absolute atomic E-state index is 0.0839. The van der Waals surface area contributed by atoms with E-state index >= 15 is 0 Å². The summed E-state index contributed by atoms with van der Waals surface area (Å²) in [5, 5.41) is 11.1. The third-order valence-corrected chi connectivity index (χ3v) is 7.73. The van der Waals surface area contributed by atoms with Crippen molar-refractivity contribution in [2.24, 2.45) is 0 Å². The van der Waals surface area contributed by atoms with E-state index in [0.717, 1.165) is 58.9 Å². The number of aromatic hydroxyl groups is 1. The summed E-state index contributed by atoms with van der Waals surface area (Å²) in [5.41, 5.74) is 2.75. The van der Waals surface area contributed by atoms with E-state index in [9.17, 15) is 9.90 Å². The van der Waals surface area contributed by atoms with Gasteiger partial charge in [0.25, 0.3) is 0 Å². The zero-order valence-corrected chi connectivity index (χ0v) is 20.2. The van der Waals surface area contributed by atoms with Gasteiger partial charge in [0.15, 0.2) is 0 Å². The number of phenols is 1. The average molecular weight is 477 g/mol. The Morgan fingerprint density at radius 1 is 1.03 bits per heavy atom. The molecule has 0 atom stereocenters. The molecule has 176 valence electrons. The van der Waals surface area contributed by atoms with Crippen LogP contribution in [-0.2, 0) is 16.8 Å². The number of ether oxygens (including phenoxy) is 2. The normalized spacial score (nSPS) is 16.1. The van der Waals surface area contributed by atoms with Crippen LogP contribution < -0.4 is 19.1 Å². The van der Waals surface area contributed by atoms with Gasteiger partial charge in [-0.15, -0.1) is 0 Å². The number of para-hydroxylation sites is 1. The van der Waals surface area contributed by atoms with Crippen LogP contribution in [0.1, 0.15) is 36.8 Å². The van der Waals surface area contributed by atoms with Gasteiger partial charge in [-0.1, -0.05) is 37.1 Å². The number of hydrogen-bond donors (Lipinski definition) is 2. The number of nitrogens with one attached hydrogen (secondary N) is 1. The molecule has 0 unspecified atom stereocenters. The lowest BCUT2D eigenvalue weighted by atomic mass is 9.80. The van der Waals surface area contributed by atoms with Crippen molar-refractivity contribution in [3.8, 4) is 17.2 Å². The Labute approximate surface area is 204 Å². The molecule has 1 heterocycles. The van der Waals surface area contributed by atoms with E-state index in [4.69, 9.17) is 9.47 Å². The van der Waals surface area contributed by atoms with Crippen LogP contribution >= 0.6 is 11.9 Å². The van der Waals surface area contributed by atoms with Gasteiger partial charge in [0.05, 0.1) is 36.8 Å². The quantitative estimate of drug-likeness (QED) is 0.415. The van der Waals surface area contributed by atoms with Crippen LogP contribution in [0, 0.1) is 0 Å². The van der Waals surface area contributed by atoms with E-state index in [1.165, 1.54) is 11.9 Å². The van der Waals surface area contributed by atoms with Crippen LogP contribution in [0.2, 0.25) is 0 Å². The molecular weight excluding hydrogens is 448 g/mol. The summed E-state index contributed by atoms with van der Waals surface area (Å²) < 4.78 is 14.0. The Morgan fingerprint density at radius 2 is 1.76 bits per heavy atom. The van der Waals surface area contributed by atoms with Crippen LogP contribution in [0.4, 0.5) is 11.4 Å². The monoisotopic (exact) mass is 476 g/mol. The first-order valence-corrected chi connectivity index (χ1v) is 12.3. The first kappa shape index (κ1) is 22.5. The van der Waals surface area contributed by atoms with Gasteiger partial charge in [-0.05, 0) is 66.2 Å². The molecule has 5 rings (SSSR count). The zero-order valence-electron chi connectivity index (χ0n) is 19.3. The van der Waals surface area contributed by atoms with Crippen LogP contribution in [0.15, 0.2) is 65.6 Å². The van der Waals surface area contributed by atoms with Gasteiger partial charge < -0.3 is 24.2 Å². The molecule has 1 saturated carbocycles. The maximum atomic E-state index is 13.8. The van der Waals surface area contributed by atoms with Gasteiger partial charge in [-0.2, -0.15) is 0 Å². The number of hydrogen-bond acceptors (Lipinski definition) is 6. The third-order valence-electron chi connectivity index (χ3n) is 6.83. The standard InChI is InChI=1S/C27H28N2O4S/c1-32-20-11-9-18(10-12-20)17-29-25-21(27(26(29)31)13-5-6-14-27)15-19(16-22(25)30)28-34-24-8-4-3-7-23(24)33-2/h3-4,7-12,15-16,28,30H,5-6,13-14,17H2,1-2H3. The van der Waals surface area contributed by atoms with Crippen molar-refractivity contribution in [2.75, 3.05) is 23.8 Å².